The van der Waals surface area contributed by atoms with Crippen LogP contribution in [-0.4, -0.2) is 28.8 Å². The normalized spacial score (nSPS) is 17.9. The Balaban J connectivity index is 1.66. The predicted molar refractivity (Wildman–Crippen MR) is 63.0 cm³/mol. The second kappa shape index (κ2) is 6.08. The van der Waals surface area contributed by atoms with Gasteiger partial charge in [0.05, 0.1) is 5.03 Å². The Morgan fingerprint density at radius 2 is 2.27 bits per heavy atom. The lowest BCUT2D eigenvalue weighted by atomic mass is 9.96. The number of rotatable bonds is 4. The Bertz CT molecular complexity index is 272. The van der Waals surface area contributed by atoms with Crippen molar-refractivity contribution in [3.8, 4) is 0 Å². The molecule has 1 aliphatic heterocycles. The van der Waals surface area contributed by atoms with Crippen molar-refractivity contribution in [1.29, 1.82) is 0 Å². The fourth-order valence-corrected chi connectivity index (χ4v) is 2.80. The van der Waals surface area contributed by atoms with E-state index < -0.39 is 0 Å². The number of nitrogens with one attached hydrogen (secondary N) is 1. The fourth-order valence-electron chi connectivity index (χ4n) is 1.86. The van der Waals surface area contributed by atoms with E-state index in [4.69, 9.17) is 0 Å². The minimum Gasteiger partial charge on any atom is -0.317 e. The summed E-state index contributed by atoms with van der Waals surface area (Å²) in [7, 11) is 0. The SMILES string of the molecule is c1cc(SCCC2CCNCC2)ncn1. The van der Waals surface area contributed by atoms with Gasteiger partial charge in [-0.05, 0) is 50.1 Å². The third-order valence-corrected chi connectivity index (χ3v) is 3.77. The first-order valence-corrected chi connectivity index (χ1v) is 6.53. The maximum absolute atomic E-state index is 4.20. The molecule has 1 aliphatic rings. The van der Waals surface area contributed by atoms with Crippen LogP contribution < -0.4 is 5.32 Å². The van der Waals surface area contributed by atoms with Crippen molar-refractivity contribution in [1.82, 2.24) is 15.3 Å². The van der Waals surface area contributed by atoms with E-state index in [9.17, 15) is 0 Å². The molecule has 1 N–H and O–H groups in total. The molecule has 0 amide bonds. The van der Waals surface area contributed by atoms with E-state index in [2.05, 4.69) is 15.3 Å². The summed E-state index contributed by atoms with van der Waals surface area (Å²) in [6, 6.07) is 1.98. The third kappa shape index (κ3) is 3.80. The number of hydrogen-bond acceptors (Lipinski definition) is 4. The van der Waals surface area contributed by atoms with Crippen LogP contribution in [0.4, 0.5) is 0 Å². The highest BCUT2D eigenvalue weighted by Crippen LogP contribution is 2.21. The van der Waals surface area contributed by atoms with E-state index in [-0.39, 0.29) is 0 Å². The van der Waals surface area contributed by atoms with Crippen molar-refractivity contribution in [2.24, 2.45) is 5.92 Å². The summed E-state index contributed by atoms with van der Waals surface area (Å²) in [6.07, 6.45) is 7.41. The number of hydrogen-bond donors (Lipinski definition) is 1. The molecule has 82 valence electrons. The predicted octanol–water partition coefficient (Wildman–Crippen LogP) is 1.96. The Hall–Kier alpha value is -0.610. The topological polar surface area (TPSA) is 37.8 Å². The van der Waals surface area contributed by atoms with Gasteiger partial charge in [0.25, 0.3) is 0 Å². The van der Waals surface area contributed by atoms with Gasteiger partial charge in [0.15, 0.2) is 0 Å². The van der Waals surface area contributed by atoms with Crippen LogP contribution in [0.15, 0.2) is 23.6 Å². The summed E-state index contributed by atoms with van der Waals surface area (Å²) >= 11 is 1.84. The Kier molecular flexibility index (Phi) is 4.41. The molecule has 1 aromatic rings. The van der Waals surface area contributed by atoms with Gasteiger partial charge in [-0.15, -0.1) is 11.8 Å². The molecule has 0 unspecified atom stereocenters. The van der Waals surface area contributed by atoms with E-state index in [0.717, 1.165) is 10.9 Å². The van der Waals surface area contributed by atoms with Crippen molar-refractivity contribution in [2.75, 3.05) is 18.8 Å². The molecule has 0 aliphatic carbocycles. The molecule has 0 aromatic carbocycles. The summed E-state index contributed by atoms with van der Waals surface area (Å²) < 4.78 is 0. The van der Waals surface area contributed by atoms with Gasteiger partial charge in [0.1, 0.15) is 6.33 Å². The third-order valence-electron chi connectivity index (χ3n) is 2.79. The zero-order valence-corrected chi connectivity index (χ0v) is 9.67. The molecule has 2 heterocycles. The second-order valence-electron chi connectivity index (χ2n) is 3.88. The van der Waals surface area contributed by atoms with Crippen molar-refractivity contribution in [3.05, 3.63) is 18.6 Å². The minimum absolute atomic E-state index is 0.917. The summed E-state index contributed by atoms with van der Waals surface area (Å²) in [5, 5.41) is 4.49. The van der Waals surface area contributed by atoms with Crippen molar-refractivity contribution >= 4 is 11.8 Å². The average Bonchev–Trinajstić information content (AvgIpc) is 2.32. The van der Waals surface area contributed by atoms with Crippen molar-refractivity contribution in [2.45, 2.75) is 24.3 Å². The molecule has 4 heteroatoms. The van der Waals surface area contributed by atoms with E-state index in [1.807, 2.05) is 17.8 Å². The lowest BCUT2D eigenvalue weighted by Crippen LogP contribution is -2.27. The summed E-state index contributed by atoms with van der Waals surface area (Å²) in [6.45, 7) is 2.39. The van der Waals surface area contributed by atoms with Gasteiger partial charge < -0.3 is 5.32 Å². The quantitative estimate of drug-likeness (QED) is 0.625. The molecule has 0 saturated carbocycles. The monoisotopic (exact) mass is 223 g/mol. The van der Waals surface area contributed by atoms with Crippen LogP contribution >= 0.6 is 11.8 Å². The van der Waals surface area contributed by atoms with E-state index in [1.54, 1.807) is 12.5 Å². The lowest BCUT2D eigenvalue weighted by molar-refractivity contribution is 0.367. The standard InChI is InChI=1S/C11H17N3S/c1-5-12-6-2-10(1)4-8-15-11-3-7-13-9-14-11/h3,7,9-10,12H,1-2,4-6,8H2. The van der Waals surface area contributed by atoms with Gasteiger partial charge in [-0.25, -0.2) is 9.97 Å². The number of nitrogens with zero attached hydrogens (tertiary/aromatic N) is 2. The van der Waals surface area contributed by atoms with Gasteiger partial charge >= 0.3 is 0 Å². The molecular weight excluding hydrogens is 206 g/mol. The van der Waals surface area contributed by atoms with Crippen LogP contribution in [0.25, 0.3) is 0 Å². The highest BCUT2D eigenvalue weighted by atomic mass is 32.2. The Morgan fingerprint density at radius 3 is 3.00 bits per heavy atom. The van der Waals surface area contributed by atoms with Crippen LogP contribution in [0, 0.1) is 5.92 Å². The lowest BCUT2D eigenvalue weighted by Gasteiger charge is -2.22. The second-order valence-corrected chi connectivity index (χ2v) is 4.99. The Morgan fingerprint density at radius 1 is 1.40 bits per heavy atom. The largest absolute Gasteiger partial charge is 0.317 e. The Labute approximate surface area is 95.1 Å². The maximum Gasteiger partial charge on any atom is 0.116 e. The van der Waals surface area contributed by atoms with Crippen LogP contribution in [0.3, 0.4) is 0 Å². The molecule has 15 heavy (non-hydrogen) atoms. The zero-order chi connectivity index (χ0) is 10.3. The molecule has 1 saturated heterocycles. The van der Waals surface area contributed by atoms with Gasteiger partial charge in [0.2, 0.25) is 0 Å². The number of aromatic nitrogens is 2. The van der Waals surface area contributed by atoms with Gasteiger partial charge in [-0.1, -0.05) is 0 Å². The van der Waals surface area contributed by atoms with E-state index in [1.165, 1.54) is 38.1 Å². The summed E-state index contributed by atoms with van der Waals surface area (Å²) in [5.74, 6) is 2.10. The van der Waals surface area contributed by atoms with Gasteiger partial charge in [0, 0.05) is 6.20 Å². The van der Waals surface area contributed by atoms with Crippen LogP contribution in [0.2, 0.25) is 0 Å². The van der Waals surface area contributed by atoms with Crippen molar-refractivity contribution in [3.63, 3.8) is 0 Å². The van der Waals surface area contributed by atoms with Crippen LogP contribution in [0.5, 0.6) is 0 Å². The maximum atomic E-state index is 4.20. The first-order valence-electron chi connectivity index (χ1n) is 5.54. The molecule has 3 nitrogen and oxygen atoms in total. The van der Waals surface area contributed by atoms with E-state index in [0.29, 0.717) is 0 Å². The molecule has 0 atom stereocenters. The number of piperidine rings is 1. The highest BCUT2D eigenvalue weighted by molar-refractivity contribution is 7.99. The molecular formula is C11H17N3S. The number of thioether (sulfide) groups is 1. The van der Waals surface area contributed by atoms with E-state index >= 15 is 0 Å². The van der Waals surface area contributed by atoms with Gasteiger partial charge in [-0.2, -0.15) is 0 Å². The molecule has 2 rings (SSSR count). The molecule has 0 spiro atoms. The first-order chi connectivity index (χ1) is 7.45. The average molecular weight is 223 g/mol. The van der Waals surface area contributed by atoms with Crippen LogP contribution in [0.1, 0.15) is 19.3 Å². The molecule has 0 bridgehead atoms. The minimum atomic E-state index is 0.917. The molecule has 1 fully saturated rings. The molecule has 0 radical (unpaired) electrons. The summed E-state index contributed by atoms with van der Waals surface area (Å²) in [5.41, 5.74) is 0. The smallest absolute Gasteiger partial charge is 0.116 e. The van der Waals surface area contributed by atoms with Crippen molar-refractivity contribution < 1.29 is 0 Å². The first kappa shape index (κ1) is 10.9. The molecule has 1 aromatic heterocycles. The fraction of sp³-hybridized carbons (Fsp3) is 0.636. The summed E-state index contributed by atoms with van der Waals surface area (Å²) in [4.78, 5) is 8.11. The van der Waals surface area contributed by atoms with Gasteiger partial charge in [-0.3, -0.25) is 0 Å². The van der Waals surface area contributed by atoms with Crippen LogP contribution in [-0.2, 0) is 0 Å². The zero-order valence-electron chi connectivity index (χ0n) is 8.85. The highest BCUT2D eigenvalue weighted by Gasteiger charge is 2.12.